The van der Waals surface area contributed by atoms with E-state index >= 15 is 0 Å². The standard InChI is InChI=1S/C23H35NO4S/c1-4-6-7-8-9-10-11-12-13-14-15-20-16-19(17-29-20)22(26)21(24-18(3)25)23(27)28-5-2/h16-17,21-22,26H,4-13H2,1-3H3,(H,24,25). The first-order valence-corrected chi connectivity index (χ1v) is 11.6. The molecule has 0 aliphatic heterocycles. The van der Waals surface area contributed by atoms with Gasteiger partial charge in [0.1, 0.15) is 6.10 Å². The van der Waals surface area contributed by atoms with E-state index in [0.717, 1.165) is 17.7 Å². The van der Waals surface area contributed by atoms with Gasteiger partial charge in [0, 0.05) is 13.3 Å². The molecule has 0 radical (unpaired) electrons. The van der Waals surface area contributed by atoms with Gasteiger partial charge in [0.2, 0.25) is 5.91 Å². The van der Waals surface area contributed by atoms with Crippen LogP contribution in [0.15, 0.2) is 11.4 Å². The average molecular weight is 422 g/mol. The van der Waals surface area contributed by atoms with Crippen LogP contribution >= 0.6 is 11.3 Å². The third kappa shape index (κ3) is 10.5. The predicted molar refractivity (Wildman–Crippen MR) is 118 cm³/mol. The fraction of sp³-hybridized carbons (Fsp3) is 0.652. The highest BCUT2D eigenvalue weighted by atomic mass is 32.1. The number of ether oxygens (including phenoxy) is 1. The van der Waals surface area contributed by atoms with Gasteiger partial charge < -0.3 is 15.2 Å². The van der Waals surface area contributed by atoms with Gasteiger partial charge in [0.05, 0.1) is 11.5 Å². The molecule has 0 aliphatic rings. The van der Waals surface area contributed by atoms with Crippen LogP contribution in [-0.4, -0.2) is 29.6 Å². The lowest BCUT2D eigenvalue weighted by Crippen LogP contribution is -2.45. The van der Waals surface area contributed by atoms with E-state index in [2.05, 4.69) is 24.1 Å². The molecule has 1 amide bonds. The van der Waals surface area contributed by atoms with Gasteiger partial charge in [0.25, 0.3) is 0 Å². The number of hydrogen-bond donors (Lipinski definition) is 2. The van der Waals surface area contributed by atoms with Crippen molar-refractivity contribution in [3.05, 3.63) is 21.9 Å². The highest BCUT2D eigenvalue weighted by Gasteiger charge is 2.30. The highest BCUT2D eigenvalue weighted by Crippen LogP contribution is 2.24. The number of thiophene rings is 1. The minimum absolute atomic E-state index is 0.181. The van der Waals surface area contributed by atoms with Gasteiger partial charge in [-0.2, -0.15) is 0 Å². The second kappa shape index (κ2) is 15.1. The third-order valence-corrected chi connectivity index (χ3v) is 5.41. The van der Waals surface area contributed by atoms with Crippen LogP contribution < -0.4 is 5.32 Å². The molecule has 1 aromatic rings. The lowest BCUT2D eigenvalue weighted by Gasteiger charge is -2.21. The molecule has 0 aromatic carbocycles. The van der Waals surface area contributed by atoms with Crippen molar-refractivity contribution in [3.63, 3.8) is 0 Å². The summed E-state index contributed by atoms with van der Waals surface area (Å²) in [6.45, 7) is 5.40. The number of hydrogen-bond acceptors (Lipinski definition) is 5. The molecule has 2 unspecified atom stereocenters. The monoisotopic (exact) mass is 421 g/mol. The SMILES string of the molecule is CCCCCCCCCCC#Cc1cc(C(O)C(NC(C)=O)C(=O)OCC)cs1. The summed E-state index contributed by atoms with van der Waals surface area (Å²) in [6.07, 6.45) is 9.92. The number of aliphatic hydroxyl groups is 1. The molecule has 2 N–H and O–H groups in total. The van der Waals surface area contributed by atoms with Crippen molar-refractivity contribution in [3.8, 4) is 11.8 Å². The topological polar surface area (TPSA) is 75.6 Å². The second-order valence-electron chi connectivity index (χ2n) is 7.15. The molecular weight excluding hydrogens is 386 g/mol. The Morgan fingerprint density at radius 2 is 1.79 bits per heavy atom. The van der Waals surface area contributed by atoms with Crippen molar-refractivity contribution in [2.24, 2.45) is 0 Å². The summed E-state index contributed by atoms with van der Waals surface area (Å²) in [4.78, 5) is 24.3. The molecule has 0 saturated carbocycles. The zero-order valence-electron chi connectivity index (χ0n) is 18.0. The fourth-order valence-corrected chi connectivity index (χ4v) is 3.78. The van der Waals surface area contributed by atoms with Gasteiger partial charge in [-0.15, -0.1) is 11.3 Å². The van der Waals surface area contributed by atoms with Crippen LogP contribution in [0.5, 0.6) is 0 Å². The molecule has 162 valence electrons. The molecular formula is C23H35NO4S. The van der Waals surface area contributed by atoms with Crippen molar-refractivity contribution in [2.45, 2.75) is 90.7 Å². The summed E-state index contributed by atoms with van der Waals surface area (Å²) >= 11 is 1.42. The zero-order chi connectivity index (χ0) is 21.5. The van der Waals surface area contributed by atoms with Crippen LogP contribution in [0, 0.1) is 11.8 Å². The van der Waals surface area contributed by atoms with E-state index in [0.29, 0.717) is 5.56 Å². The van der Waals surface area contributed by atoms with Crippen molar-refractivity contribution in [2.75, 3.05) is 6.61 Å². The van der Waals surface area contributed by atoms with Crippen molar-refractivity contribution in [1.29, 1.82) is 0 Å². The van der Waals surface area contributed by atoms with E-state index in [1.54, 1.807) is 18.4 Å². The Bertz CT molecular complexity index is 674. The molecule has 1 heterocycles. The largest absolute Gasteiger partial charge is 0.464 e. The van der Waals surface area contributed by atoms with E-state index in [1.807, 2.05) is 0 Å². The molecule has 1 rings (SSSR count). The van der Waals surface area contributed by atoms with Crippen LogP contribution in [0.3, 0.4) is 0 Å². The van der Waals surface area contributed by atoms with Gasteiger partial charge >= 0.3 is 5.97 Å². The molecule has 5 nitrogen and oxygen atoms in total. The quantitative estimate of drug-likeness (QED) is 0.274. The van der Waals surface area contributed by atoms with Crippen LogP contribution in [0.1, 0.15) is 95.1 Å². The van der Waals surface area contributed by atoms with Crippen LogP contribution in [-0.2, 0) is 14.3 Å². The lowest BCUT2D eigenvalue weighted by atomic mass is 10.0. The highest BCUT2D eigenvalue weighted by molar-refractivity contribution is 7.10. The first kappa shape index (κ1) is 25.2. The molecule has 0 fully saturated rings. The maximum Gasteiger partial charge on any atom is 0.331 e. The first-order valence-electron chi connectivity index (χ1n) is 10.7. The summed E-state index contributed by atoms with van der Waals surface area (Å²) in [5.74, 6) is 5.26. The summed E-state index contributed by atoms with van der Waals surface area (Å²) in [5.41, 5.74) is 0.554. The number of nitrogens with one attached hydrogen (secondary N) is 1. The molecule has 0 saturated heterocycles. The normalized spacial score (nSPS) is 12.6. The molecule has 2 atom stereocenters. The Kier molecular flexibility index (Phi) is 13.1. The Hall–Kier alpha value is -1.84. The van der Waals surface area contributed by atoms with Crippen molar-refractivity contribution < 1.29 is 19.4 Å². The Labute approximate surface area is 179 Å². The lowest BCUT2D eigenvalue weighted by molar-refractivity contribution is -0.150. The van der Waals surface area contributed by atoms with Crippen molar-refractivity contribution in [1.82, 2.24) is 5.32 Å². The third-order valence-electron chi connectivity index (χ3n) is 4.54. The molecule has 29 heavy (non-hydrogen) atoms. The molecule has 0 spiro atoms. The molecule has 1 aromatic heterocycles. The maximum atomic E-state index is 12.0. The number of amides is 1. The number of unbranched alkanes of at least 4 members (excludes halogenated alkanes) is 8. The summed E-state index contributed by atoms with van der Waals surface area (Å²) in [7, 11) is 0. The fourth-order valence-electron chi connectivity index (χ4n) is 2.98. The minimum Gasteiger partial charge on any atom is -0.464 e. The summed E-state index contributed by atoms with van der Waals surface area (Å²) in [5, 5.41) is 14.8. The Balaban J connectivity index is 2.47. The van der Waals surface area contributed by atoms with Gasteiger partial charge in [-0.3, -0.25) is 4.79 Å². The van der Waals surface area contributed by atoms with Crippen molar-refractivity contribution >= 4 is 23.2 Å². The average Bonchev–Trinajstić information content (AvgIpc) is 3.16. The zero-order valence-corrected chi connectivity index (χ0v) is 18.8. The van der Waals surface area contributed by atoms with Gasteiger partial charge in [0.15, 0.2) is 6.04 Å². The van der Waals surface area contributed by atoms with E-state index in [-0.39, 0.29) is 6.61 Å². The predicted octanol–water partition coefficient (Wildman–Crippen LogP) is 4.73. The molecule has 6 heteroatoms. The summed E-state index contributed by atoms with van der Waals surface area (Å²) in [6, 6.07) is 0.643. The molecule has 0 aliphatic carbocycles. The number of carbonyl (C=O) groups is 2. The Morgan fingerprint density at radius 3 is 2.41 bits per heavy atom. The number of aliphatic hydroxyl groups excluding tert-OH is 1. The molecule has 0 bridgehead atoms. The van der Waals surface area contributed by atoms with Crippen LogP contribution in [0.2, 0.25) is 0 Å². The summed E-state index contributed by atoms with van der Waals surface area (Å²) < 4.78 is 4.96. The second-order valence-corrected chi connectivity index (χ2v) is 8.06. The van der Waals surface area contributed by atoms with E-state index in [9.17, 15) is 14.7 Å². The van der Waals surface area contributed by atoms with Crippen LogP contribution in [0.25, 0.3) is 0 Å². The van der Waals surface area contributed by atoms with Gasteiger partial charge in [-0.05, 0) is 30.4 Å². The van der Waals surface area contributed by atoms with E-state index in [4.69, 9.17) is 4.74 Å². The number of esters is 1. The maximum absolute atomic E-state index is 12.0. The minimum atomic E-state index is -1.17. The smallest absolute Gasteiger partial charge is 0.331 e. The number of carbonyl (C=O) groups excluding carboxylic acids is 2. The van der Waals surface area contributed by atoms with Crippen LogP contribution in [0.4, 0.5) is 0 Å². The number of rotatable bonds is 13. The van der Waals surface area contributed by atoms with Gasteiger partial charge in [-0.1, -0.05) is 63.7 Å². The first-order chi connectivity index (χ1) is 14.0. The van der Waals surface area contributed by atoms with E-state index < -0.39 is 24.0 Å². The Morgan fingerprint density at radius 1 is 1.14 bits per heavy atom. The van der Waals surface area contributed by atoms with Gasteiger partial charge in [-0.25, -0.2) is 4.79 Å². The van der Waals surface area contributed by atoms with E-state index in [1.165, 1.54) is 63.2 Å².